The summed E-state index contributed by atoms with van der Waals surface area (Å²) < 4.78 is 1.51. The van der Waals surface area contributed by atoms with E-state index in [1.165, 1.54) is 4.68 Å². The molecule has 88 valence electrons. The first-order valence-electron chi connectivity index (χ1n) is 5.21. The second-order valence-electron chi connectivity index (χ2n) is 3.77. The van der Waals surface area contributed by atoms with Gasteiger partial charge in [-0.25, -0.2) is 0 Å². The van der Waals surface area contributed by atoms with Crippen LogP contribution in [0.2, 0.25) is 0 Å². The van der Waals surface area contributed by atoms with Gasteiger partial charge in [-0.2, -0.15) is 4.98 Å². The Kier molecular flexibility index (Phi) is 3.45. The Morgan fingerprint density at radius 1 is 1.38 bits per heavy atom. The average molecular weight is 242 g/mol. The van der Waals surface area contributed by atoms with Gasteiger partial charge < -0.3 is 5.32 Å². The van der Waals surface area contributed by atoms with Gasteiger partial charge in [-0.15, -0.1) is 0 Å². The average Bonchev–Trinajstić information content (AvgIpc) is 2.27. The molecule has 0 bridgehead atoms. The van der Waals surface area contributed by atoms with Crippen molar-refractivity contribution in [2.24, 2.45) is 7.05 Å². The molecule has 0 aliphatic carbocycles. The summed E-state index contributed by atoms with van der Waals surface area (Å²) in [6, 6.07) is 0. The van der Waals surface area contributed by atoms with Gasteiger partial charge in [0.2, 0.25) is 0 Å². The molecule has 2 heterocycles. The first kappa shape index (κ1) is 11.4. The molecule has 0 radical (unpaired) electrons. The molecule has 2 rings (SSSR count). The van der Waals surface area contributed by atoms with E-state index in [1.807, 2.05) is 0 Å². The van der Waals surface area contributed by atoms with E-state index in [-0.39, 0.29) is 0 Å². The van der Waals surface area contributed by atoms with Crippen molar-refractivity contribution in [3.8, 4) is 0 Å². The van der Waals surface area contributed by atoms with E-state index in [2.05, 4.69) is 15.4 Å². The number of H-pyrrole nitrogens is 1. The summed E-state index contributed by atoms with van der Waals surface area (Å²) in [5.41, 5.74) is -1.38. The van der Waals surface area contributed by atoms with Gasteiger partial charge in [-0.3, -0.25) is 19.4 Å². The third kappa shape index (κ3) is 2.53. The topological polar surface area (TPSA) is 79.8 Å². The zero-order chi connectivity index (χ0) is 11.5. The number of aromatic amines is 1. The van der Waals surface area contributed by atoms with E-state index < -0.39 is 11.1 Å². The molecule has 1 aromatic heterocycles. The third-order valence-corrected chi connectivity index (χ3v) is 3.89. The van der Waals surface area contributed by atoms with Crippen LogP contribution in [0.4, 0.5) is 0 Å². The Bertz CT molecular complexity index is 475. The first-order chi connectivity index (χ1) is 7.66. The number of hydrogen-bond acceptors (Lipinski definition) is 5. The van der Waals surface area contributed by atoms with Crippen molar-refractivity contribution in [2.45, 2.75) is 23.2 Å². The van der Waals surface area contributed by atoms with Crippen LogP contribution < -0.4 is 16.4 Å². The van der Waals surface area contributed by atoms with E-state index in [0.717, 1.165) is 25.9 Å². The van der Waals surface area contributed by atoms with E-state index in [1.54, 1.807) is 18.8 Å². The highest BCUT2D eigenvalue weighted by Crippen LogP contribution is 2.25. The molecule has 16 heavy (non-hydrogen) atoms. The summed E-state index contributed by atoms with van der Waals surface area (Å²) in [5.74, 6) is 0. The Labute approximate surface area is 96.4 Å². The number of thioether (sulfide) groups is 1. The molecule has 2 N–H and O–H groups in total. The lowest BCUT2D eigenvalue weighted by Crippen LogP contribution is -2.35. The normalized spacial score (nSPS) is 17.6. The molecular formula is C9H14N4O2S. The maximum absolute atomic E-state index is 11.1. The molecule has 7 heteroatoms. The Morgan fingerprint density at radius 2 is 2.06 bits per heavy atom. The number of aromatic nitrogens is 3. The summed E-state index contributed by atoms with van der Waals surface area (Å²) in [4.78, 5) is 25.9. The van der Waals surface area contributed by atoms with Crippen molar-refractivity contribution in [3.63, 3.8) is 0 Å². The van der Waals surface area contributed by atoms with Crippen LogP contribution >= 0.6 is 11.8 Å². The van der Waals surface area contributed by atoms with Gasteiger partial charge in [-0.1, -0.05) is 11.8 Å². The Hall–Kier alpha value is -1.08. The Morgan fingerprint density at radius 3 is 2.75 bits per heavy atom. The molecule has 6 nitrogen and oxygen atoms in total. The number of piperidine rings is 1. The minimum Gasteiger partial charge on any atom is -0.317 e. The smallest absolute Gasteiger partial charge is 0.317 e. The molecule has 1 fully saturated rings. The van der Waals surface area contributed by atoms with E-state index in [0.29, 0.717) is 10.4 Å². The molecular weight excluding hydrogens is 228 g/mol. The predicted octanol–water partition coefficient (Wildman–Crippen LogP) is -0.687. The minimum atomic E-state index is -0.713. The number of rotatable bonds is 2. The van der Waals surface area contributed by atoms with Gasteiger partial charge in [0.05, 0.1) is 0 Å². The molecule has 1 saturated heterocycles. The van der Waals surface area contributed by atoms with Crippen molar-refractivity contribution in [1.29, 1.82) is 0 Å². The number of nitrogens with zero attached hydrogens (tertiary/aromatic N) is 2. The monoisotopic (exact) mass is 242 g/mol. The van der Waals surface area contributed by atoms with Crippen LogP contribution in [0.3, 0.4) is 0 Å². The maximum Gasteiger partial charge on any atom is 0.339 e. The van der Waals surface area contributed by atoms with Crippen LogP contribution in [0.15, 0.2) is 14.7 Å². The fourth-order valence-corrected chi connectivity index (χ4v) is 2.74. The number of hydrogen-bond donors (Lipinski definition) is 2. The molecule has 1 aromatic rings. The summed E-state index contributed by atoms with van der Waals surface area (Å²) in [6.45, 7) is 1.99. The van der Waals surface area contributed by atoms with Crippen molar-refractivity contribution in [1.82, 2.24) is 20.1 Å². The molecule has 1 aliphatic heterocycles. The van der Waals surface area contributed by atoms with Crippen LogP contribution in [-0.2, 0) is 7.05 Å². The highest BCUT2D eigenvalue weighted by molar-refractivity contribution is 7.99. The minimum absolute atomic E-state index is 0.463. The molecule has 0 atom stereocenters. The summed E-state index contributed by atoms with van der Waals surface area (Å²) in [6.07, 6.45) is 2.11. The van der Waals surface area contributed by atoms with E-state index >= 15 is 0 Å². The largest absolute Gasteiger partial charge is 0.339 e. The highest BCUT2D eigenvalue weighted by Gasteiger charge is 2.16. The zero-order valence-corrected chi connectivity index (χ0v) is 9.84. The molecule has 0 unspecified atom stereocenters. The van der Waals surface area contributed by atoms with Crippen LogP contribution in [0.1, 0.15) is 12.8 Å². The van der Waals surface area contributed by atoms with E-state index in [4.69, 9.17) is 0 Å². The second kappa shape index (κ2) is 4.84. The summed E-state index contributed by atoms with van der Waals surface area (Å²) >= 11 is 1.56. The molecule has 1 aliphatic rings. The van der Waals surface area contributed by atoms with Gasteiger partial charge >= 0.3 is 11.1 Å². The lowest BCUT2D eigenvalue weighted by atomic mass is 10.2. The molecule has 0 spiro atoms. The fraction of sp³-hybridized carbons (Fsp3) is 0.667. The fourth-order valence-electron chi connectivity index (χ4n) is 1.63. The first-order valence-corrected chi connectivity index (χ1v) is 6.09. The van der Waals surface area contributed by atoms with Gasteiger partial charge in [0.1, 0.15) is 0 Å². The van der Waals surface area contributed by atoms with E-state index in [9.17, 15) is 9.59 Å². The van der Waals surface area contributed by atoms with Crippen molar-refractivity contribution in [3.05, 3.63) is 20.7 Å². The van der Waals surface area contributed by atoms with Gasteiger partial charge in [-0.05, 0) is 25.9 Å². The standard InChI is InChI=1S/C9H14N4O2S/c1-13-9(11-7(14)8(15)12-13)16-6-2-4-10-5-3-6/h6,10H,2-5H2,1H3,(H,12,15). The van der Waals surface area contributed by atoms with Crippen LogP contribution in [-0.4, -0.2) is 33.1 Å². The SMILES string of the molecule is Cn1[nH]c(=O)c(=O)nc1SC1CCNCC1. The summed E-state index contributed by atoms with van der Waals surface area (Å²) in [5, 5.41) is 6.77. The highest BCUT2D eigenvalue weighted by atomic mass is 32.2. The van der Waals surface area contributed by atoms with Crippen LogP contribution in [0.25, 0.3) is 0 Å². The lowest BCUT2D eigenvalue weighted by molar-refractivity contribution is 0.526. The van der Waals surface area contributed by atoms with Crippen molar-refractivity contribution in [2.75, 3.05) is 13.1 Å². The Balaban J connectivity index is 2.17. The quantitative estimate of drug-likeness (QED) is 0.671. The van der Waals surface area contributed by atoms with Gasteiger partial charge in [0.15, 0.2) is 5.16 Å². The summed E-state index contributed by atoms with van der Waals surface area (Å²) in [7, 11) is 1.69. The third-order valence-electron chi connectivity index (χ3n) is 2.51. The van der Waals surface area contributed by atoms with Gasteiger partial charge in [0, 0.05) is 12.3 Å². The van der Waals surface area contributed by atoms with Gasteiger partial charge in [0.25, 0.3) is 0 Å². The lowest BCUT2D eigenvalue weighted by Gasteiger charge is -2.21. The molecule has 0 aromatic carbocycles. The van der Waals surface area contributed by atoms with Crippen molar-refractivity contribution >= 4 is 11.8 Å². The van der Waals surface area contributed by atoms with Crippen LogP contribution in [0, 0.1) is 0 Å². The molecule has 0 amide bonds. The molecule has 0 saturated carbocycles. The van der Waals surface area contributed by atoms with Crippen molar-refractivity contribution < 1.29 is 0 Å². The number of nitrogens with one attached hydrogen (secondary N) is 2. The van der Waals surface area contributed by atoms with Crippen LogP contribution in [0.5, 0.6) is 0 Å². The number of aryl methyl sites for hydroxylation is 1. The predicted molar refractivity (Wildman–Crippen MR) is 61.8 cm³/mol. The zero-order valence-electron chi connectivity index (χ0n) is 9.02. The second-order valence-corrected chi connectivity index (χ2v) is 5.03. The maximum atomic E-state index is 11.1.